The number of carbonyl (C=O) groups is 3. The van der Waals surface area contributed by atoms with Gasteiger partial charge in [0.05, 0.1) is 17.6 Å². The van der Waals surface area contributed by atoms with Crippen molar-refractivity contribution in [2.75, 3.05) is 50.0 Å². The predicted molar refractivity (Wildman–Crippen MR) is 127 cm³/mol. The molecule has 0 saturated carbocycles. The normalized spacial score (nSPS) is 13.7. The molecule has 1 aromatic heterocycles. The lowest BCUT2D eigenvalue weighted by molar-refractivity contribution is -0.144. The fourth-order valence-corrected chi connectivity index (χ4v) is 3.43. The van der Waals surface area contributed by atoms with E-state index in [0.29, 0.717) is 44.0 Å². The maximum absolute atomic E-state index is 15.0. The number of amides is 3. The third-order valence-corrected chi connectivity index (χ3v) is 5.38. The zero-order chi connectivity index (χ0) is 25.2. The van der Waals surface area contributed by atoms with Gasteiger partial charge in [-0.05, 0) is 25.1 Å². The van der Waals surface area contributed by atoms with Crippen molar-refractivity contribution in [3.05, 3.63) is 53.6 Å². The Kier molecular flexibility index (Phi) is 9.36. The first-order valence-electron chi connectivity index (χ1n) is 11.4. The van der Waals surface area contributed by atoms with Crippen LogP contribution in [-0.2, 0) is 20.8 Å². The molecule has 1 aliphatic rings. The zero-order valence-corrected chi connectivity index (χ0v) is 19.9. The summed E-state index contributed by atoms with van der Waals surface area (Å²) in [4.78, 5) is 43.2. The number of anilines is 2. The van der Waals surface area contributed by atoms with E-state index in [0.717, 1.165) is 5.69 Å². The molecular formula is C24H30FN5O5. The third-order valence-electron chi connectivity index (χ3n) is 5.38. The summed E-state index contributed by atoms with van der Waals surface area (Å²) < 4.78 is 25.0. The Hall–Kier alpha value is -3.73. The quantitative estimate of drug-likeness (QED) is 0.434. The number of piperazine rings is 1. The Morgan fingerprint density at radius 3 is 2.46 bits per heavy atom. The van der Waals surface area contributed by atoms with Gasteiger partial charge in [0, 0.05) is 50.4 Å². The lowest BCUT2D eigenvalue weighted by Gasteiger charge is -2.34. The Balaban J connectivity index is 1.46. The van der Waals surface area contributed by atoms with Crippen molar-refractivity contribution in [2.24, 2.45) is 0 Å². The number of rotatable bonds is 8. The molecule has 0 radical (unpaired) electrons. The highest BCUT2D eigenvalue weighted by atomic mass is 19.1. The molecule has 1 aliphatic heterocycles. The summed E-state index contributed by atoms with van der Waals surface area (Å²) in [5.74, 6) is -0.849. The average molecular weight is 488 g/mol. The Labute approximate surface area is 203 Å². The second-order valence-electron chi connectivity index (χ2n) is 8.00. The highest BCUT2D eigenvalue weighted by Crippen LogP contribution is 2.21. The average Bonchev–Trinajstić information content (AvgIpc) is 2.86. The first-order valence-corrected chi connectivity index (χ1v) is 11.4. The van der Waals surface area contributed by atoms with Crippen LogP contribution in [0, 0.1) is 12.7 Å². The van der Waals surface area contributed by atoms with Gasteiger partial charge in [0.1, 0.15) is 13.2 Å². The van der Waals surface area contributed by atoms with Crippen molar-refractivity contribution >= 4 is 29.5 Å². The highest BCUT2D eigenvalue weighted by Gasteiger charge is 2.23. The van der Waals surface area contributed by atoms with Crippen LogP contribution in [-0.4, -0.2) is 72.3 Å². The van der Waals surface area contributed by atoms with Gasteiger partial charge in [0.2, 0.25) is 0 Å². The van der Waals surface area contributed by atoms with Crippen molar-refractivity contribution < 1.29 is 28.2 Å². The van der Waals surface area contributed by atoms with Crippen molar-refractivity contribution in [1.29, 1.82) is 0 Å². The molecule has 2 N–H and O–H groups in total. The smallest absolute Gasteiger partial charge is 0.409 e. The molecule has 35 heavy (non-hydrogen) atoms. The number of pyridine rings is 1. The summed E-state index contributed by atoms with van der Waals surface area (Å²) >= 11 is 0. The topological polar surface area (TPSA) is 113 Å². The van der Waals surface area contributed by atoms with E-state index in [2.05, 4.69) is 15.6 Å². The summed E-state index contributed by atoms with van der Waals surface area (Å²) in [6.07, 6.45) is 1.33. The fourth-order valence-electron chi connectivity index (χ4n) is 3.43. The molecule has 0 atom stereocenters. The van der Waals surface area contributed by atoms with E-state index in [1.807, 2.05) is 11.8 Å². The second-order valence-corrected chi connectivity index (χ2v) is 8.00. The minimum Gasteiger partial charge on any atom is -0.462 e. The number of carbonyl (C=O) groups excluding carboxylic acids is 3. The van der Waals surface area contributed by atoms with Gasteiger partial charge >= 0.3 is 18.1 Å². The molecule has 11 heteroatoms. The van der Waals surface area contributed by atoms with Gasteiger partial charge in [-0.2, -0.15) is 0 Å². The minimum atomic E-state index is -0.566. The van der Waals surface area contributed by atoms with Crippen LogP contribution in [0.4, 0.5) is 25.4 Å². The largest absolute Gasteiger partial charge is 0.462 e. The van der Waals surface area contributed by atoms with Gasteiger partial charge in [0.25, 0.3) is 0 Å². The summed E-state index contributed by atoms with van der Waals surface area (Å²) in [5, 5.41) is 5.16. The molecule has 2 heterocycles. The molecule has 1 aromatic carbocycles. The molecule has 0 aliphatic carbocycles. The Bertz CT molecular complexity index is 1030. The van der Waals surface area contributed by atoms with Crippen LogP contribution < -0.4 is 10.6 Å². The van der Waals surface area contributed by atoms with Gasteiger partial charge in [-0.15, -0.1) is 0 Å². The SMILES string of the molecule is CCC(=O)OCCOC(=O)N1CCN(Cc2cccc(NC(=O)Nc3ccc(C)nc3)c2F)CC1. The van der Waals surface area contributed by atoms with E-state index in [1.54, 1.807) is 36.1 Å². The number of ether oxygens (including phenoxy) is 2. The molecular weight excluding hydrogens is 457 g/mol. The van der Waals surface area contributed by atoms with Crippen LogP contribution in [0.15, 0.2) is 36.5 Å². The van der Waals surface area contributed by atoms with Gasteiger partial charge in [-0.25, -0.2) is 14.0 Å². The molecule has 2 aromatic rings. The van der Waals surface area contributed by atoms with E-state index < -0.39 is 17.9 Å². The minimum absolute atomic E-state index is 0.00376. The molecule has 188 valence electrons. The first kappa shape index (κ1) is 25.9. The number of halogens is 1. The second kappa shape index (κ2) is 12.7. The molecule has 3 rings (SSSR count). The van der Waals surface area contributed by atoms with Gasteiger partial charge in [-0.1, -0.05) is 19.1 Å². The van der Waals surface area contributed by atoms with Crippen molar-refractivity contribution in [3.63, 3.8) is 0 Å². The molecule has 1 saturated heterocycles. The van der Waals surface area contributed by atoms with E-state index in [4.69, 9.17) is 9.47 Å². The lowest BCUT2D eigenvalue weighted by atomic mass is 10.1. The number of nitrogens with zero attached hydrogens (tertiary/aromatic N) is 3. The number of nitrogens with one attached hydrogen (secondary N) is 2. The molecule has 0 bridgehead atoms. The standard InChI is InChI=1S/C24H30FN5O5/c1-3-21(31)34-13-14-35-24(33)30-11-9-29(10-12-30)16-18-5-4-6-20(22(18)25)28-23(32)27-19-8-7-17(2)26-15-19/h4-8,15H,3,9-14,16H2,1-2H3,(H2,27,28,32). The van der Waals surface area contributed by atoms with Crippen LogP contribution in [0.2, 0.25) is 0 Å². The molecule has 10 nitrogen and oxygen atoms in total. The summed E-state index contributed by atoms with van der Waals surface area (Å²) in [7, 11) is 0. The van der Waals surface area contributed by atoms with Crippen LogP contribution in [0.5, 0.6) is 0 Å². The third kappa shape index (κ3) is 7.92. The lowest BCUT2D eigenvalue weighted by Crippen LogP contribution is -2.48. The number of hydrogen-bond acceptors (Lipinski definition) is 7. The van der Waals surface area contributed by atoms with Crippen LogP contribution in [0.1, 0.15) is 24.6 Å². The van der Waals surface area contributed by atoms with Gasteiger partial charge in [0.15, 0.2) is 5.82 Å². The van der Waals surface area contributed by atoms with Crippen LogP contribution >= 0.6 is 0 Å². The van der Waals surface area contributed by atoms with E-state index in [-0.39, 0.29) is 31.3 Å². The first-order chi connectivity index (χ1) is 16.9. The number of benzene rings is 1. The van der Waals surface area contributed by atoms with Gasteiger partial charge in [-0.3, -0.25) is 14.7 Å². The van der Waals surface area contributed by atoms with E-state index in [1.165, 1.54) is 12.3 Å². The molecule has 1 fully saturated rings. The number of urea groups is 1. The van der Waals surface area contributed by atoms with Crippen molar-refractivity contribution in [1.82, 2.24) is 14.8 Å². The fraction of sp³-hybridized carbons (Fsp3) is 0.417. The number of hydrogen-bond donors (Lipinski definition) is 2. The van der Waals surface area contributed by atoms with Crippen LogP contribution in [0.25, 0.3) is 0 Å². The zero-order valence-electron chi connectivity index (χ0n) is 19.9. The maximum atomic E-state index is 15.0. The Morgan fingerprint density at radius 2 is 1.77 bits per heavy atom. The summed E-state index contributed by atoms with van der Waals surface area (Å²) in [6, 6.07) is 7.76. The number of aryl methyl sites for hydroxylation is 1. The van der Waals surface area contributed by atoms with E-state index >= 15 is 4.39 Å². The monoisotopic (exact) mass is 487 g/mol. The molecule has 3 amide bonds. The summed E-state index contributed by atoms with van der Waals surface area (Å²) in [5.41, 5.74) is 1.84. The van der Waals surface area contributed by atoms with Crippen LogP contribution in [0.3, 0.4) is 0 Å². The van der Waals surface area contributed by atoms with E-state index in [9.17, 15) is 14.4 Å². The maximum Gasteiger partial charge on any atom is 0.409 e. The number of esters is 1. The summed E-state index contributed by atoms with van der Waals surface area (Å²) in [6.45, 7) is 5.84. The predicted octanol–water partition coefficient (Wildman–Crippen LogP) is 3.38. The highest BCUT2D eigenvalue weighted by molar-refractivity contribution is 5.99. The Morgan fingerprint density at radius 1 is 1.03 bits per heavy atom. The molecule has 0 spiro atoms. The van der Waals surface area contributed by atoms with Crippen molar-refractivity contribution in [2.45, 2.75) is 26.8 Å². The van der Waals surface area contributed by atoms with Crippen molar-refractivity contribution in [3.8, 4) is 0 Å². The molecule has 0 unspecified atom stereocenters. The van der Waals surface area contributed by atoms with Gasteiger partial charge < -0.3 is 25.0 Å². The number of aromatic nitrogens is 1.